The molecule has 0 unspecified atom stereocenters. The minimum Gasteiger partial charge on any atom is -0.366 e. The van der Waals surface area contributed by atoms with Crippen LogP contribution in [0.25, 0.3) is 0 Å². The number of nitrogens with one attached hydrogen (secondary N) is 1. The lowest BCUT2D eigenvalue weighted by Crippen LogP contribution is -2.19. The second kappa shape index (κ2) is 8.34. The maximum absolute atomic E-state index is 12.4. The minimum absolute atomic E-state index is 0.103. The number of nitro groups is 1. The van der Waals surface area contributed by atoms with Crippen molar-refractivity contribution in [1.29, 1.82) is 0 Å². The summed E-state index contributed by atoms with van der Waals surface area (Å²) in [6.45, 7) is 1.52. The summed E-state index contributed by atoms with van der Waals surface area (Å²) in [5, 5.41) is 14.0. The van der Waals surface area contributed by atoms with Crippen LogP contribution in [-0.2, 0) is 0 Å². The van der Waals surface area contributed by atoms with Gasteiger partial charge in [0.2, 0.25) is 0 Å². The first-order valence-electron chi connectivity index (χ1n) is 8.33. The number of alkyl halides is 2. The van der Waals surface area contributed by atoms with Crippen molar-refractivity contribution in [3.8, 4) is 0 Å². The van der Waals surface area contributed by atoms with Crippen LogP contribution in [0.1, 0.15) is 23.2 Å². The first kappa shape index (κ1) is 19.1. The molecular formula is C18H17F2N3O3S. The highest BCUT2D eigenvalue weighted by molar-refractivity contribution is 7.99. The maximum atomic E-state index is 12.4. The maximum Gasteiger partial charge on any atom is 0.293 e. The van der Waals surface area contributed by atoms with Gasteiger partial charge >= 0.3 is 0 Å². The Morgan fingerprint density at radius 1 is 1.15 bits per heavy atom. The van der Waals surface area contributed by atoms with Crippen molar-refractivity contribution in [3.05, 3.63) is 58.1 Å². The molecule has 1 heterocycles. The first-order valence-corrected chi connectivity index (χ1v) is 9.21. The van der Waals surface area contributed by atoms with Crippen molar-refractivity contribution >= 4 is 34.7 Å². The molecular weight excluding hydrogens is 376 g/mol. The van der Waals surface area contributed by atoms with Gasteiger partial charge in [-0.1, -0.05) is 11.8 Å². The van der Waals surface area contributed by atoms with Crippen molar-refractivity contribution in [2.75, 3.05) is 23.3 Å². The average Bonchev–Trinajstić information content (AvgIpc) is 3.17. The summed E-state index contributed by atoms with van der Waals surface area (Å²) in [6.07, 6.45) is 1.97. The smallest absolute Gasteiger partial charge is 0.293 e. The van der Waals surface area contributed by atoms with Gasteiger partial charge in [0.05, 0.1) is 4.92 Å². The average molecular weight is 393 g/mol. The van der Waals surface area contributed by atoms with Gasteiger partial charge in [-0.2, -0.15) is 8.78 Å². The van der Waals surface area contributed by atoms with Crippen LogP contribution in [0.2, 0.25) is 0 Å². The van der Waals surface area contributed by atoms with E-state index in [0.29, 0.717) is 28.0 Å². The van der Waals surface area contributed by atoms with Crippen molar-refractivity contribution in [2.24, 2.45) is 0 Å². The third-order valence-corrected chi connectivity index (χ3v) is 4.94. The Kier molecular flexibility index (Phi) is 5.90. The van der Waals surface area contributed by atoms with Crippen LogP contribution >= 0.6 is 11.8 Å². The SMILES string of the molecule is O=C(Nc1ccc(SC(F)F)cc1)c1ccc(N2CCCC2)c([N+](=O)[O-])c1. The molecule has 0 saturated carbocycles. The number of nitro benzene ring substituents is 1. The number of hydrogen-bond acceptors (Lipinski definition) is 5. The molecule has 9 heteroatoms. The summed E-state index contributed by atoms with van der Waals surface area (Å²) in [6, 6.07) is 10.4. The van der Waals surface area contributed by atoms with E-state index >= 15 is 0 Å². The number of thioether (sulfide) groups is 1. The molecule has 1 aliphatic heterocycles. The van der Waals surface area contributed by atoms with Gasteiger partial charge in [0.15, 0.2) is 0 Å². The molecule has 27 heavy (non-hydrogen) atoms. The third-order valence-electron chi connectivity index (χ3n) is 4.22. The fourth-order valence-corrected chi connectivity index (χ4v) is 3.46. The zero-order valence-corrected chi connectivity index (χ0v) is 15.0. The summed E-state index contributed by atoms with van der Waals surface area (Å²) in [7, 11) is 0. The summed E-state index contributed by atoms with van der Waals surface area (Å²) in [5.74, 6) is -3.01. The van der Waals surface area contributed by atoms with Gasteiger partial charge in [-0.15, -0.1) is 0 Å². The fourth-order valence-electron chi connectivity index (χ4n) is 2.96. The summed E-state index contributed by atoms with van der Waals surface area (Å²) in [5.41, 5.74) is 0.997. The number of hydrogen-bond donors (Lipinski definition) is 1. The topological polar surface area (TPSA) is 75.5 Å². The summed E-state index contributed by atoms with van der Waals surface area (Å²) >= 11 is 0.415. The van der Waals surface area contributed by atoms with Gasteiger partial charge in [-0.3, -0.25) is 14.9 Å². The van der Waals surface area contributed by atoms with E-state index in [2.05, 4.69) is 5.32 Å². The van der Waals surface area contributed by atoms with Gasteiger partial charge in [-0.25, -0.2) is 0 Å². The number of rotatable bonds is 6. The van der Waals surface area contributed by atoms with E-state index in [1.807, 2.05) is 4.90 Å². The molecule has 3 rings (SSSR count). The van der Waals surface area contributed by atoms with E-state index in [4.69, 9.17) is 0 Å². The Bertz CT molecular complexity index is 840. The summed E-state index contributed by atoms with van der Waals surface area (Å²) < 4.78 is 24.7. The van der Waals surface area contributed by atoms with Gasteiger partial charge < -0.3 is 10.2 Å². The monoisotopic (exact) mass is 393 g/mol. The predicted molar refractivity (Wildman–Crippen MR) is 101 cm³/mol. The number of carbonyl (C=O) groups excluding carboxylic acids is 1. The number of nitrogens with zero attached hydrogens (tertiary/aromatic N) is 2. The quantitative estimate of drug-likeness (QED) is 0.435. The summed E-state index contributed by atoms with van der Waals surface area (Å²) in [4.78, 5) is 25.7. The van der Waals surface area contributed by atoms with Gasteiger partial charge in [0.25, 0.3) is 17.4 Å². The van der Waals surface area contributed by atoms with Crippen LogP contribution in [0.5, 0.6) is 0 Å². The van der Waals surface area contributed by atoms with E-state index in [0.717, 1.165) is 25.9 Å². The molecule has 0 radical (unpaired) electrons. The van der Waals surface area contributed by atoms with E-state index in [1.54, 1.807) is 12.1 Å². The molecule has 0 spiro atoms. The number of halogens is 2. The molecule has 6 nitrogen and oxygen atoms in total. The Hall–Kier alpha value is -2.68. The van der Waals surface area contributed by atoms with Crippen molar-refractivity contribution in [3.63, 3.8) is 0 Å². The molecule has 0 aromatic heterocycles. The predicted octanol–water partition coefficient (Wildman–Crippen LogP) is 4.76. The highest BCUT2D eigenvalue weighted by Gasteiger charge is 2.23. The Balaban J connectivity index is 1.76. The lowest BCUT2D eigenvalue weighted by atomic mass is 10.1. The lowest BCUT2D eigenvalue weighted by molar-refractivity contribution is -0.384. The van der Waals surface area contributed by atoms with Crippen molar-refractivity contribution < 1.29 is 18.5 Å². The largest absolute Gasteiger partial charge is 0.366 e. The number of anilines is 2. The zero-order valence-electron chi connectivity index (χ0n) is 14.2. The van der Waals surface area contributed by atoms with Crippen molar-refractivity contribution in [1.82, 2.24) is 0 Å². The number of carbonyl (C=O) groups is 1. The third kappa shape index (κ3) is 4.73. The van der Waals surface area contributed by atoms with Crippen LogP contribution in [0, 0.1) is 10.1 Å². The normalized spacial score (nSPS) is 13.8. The molecule has 1 N–H and O–H groups in total. The first-order chi connectivity index (χ1) is 12.9. The van der Waals surface area contributed by atoms with Crippen LogP contribution in [-0.4, -0.2) is 29.7 Å². The van der Waals surface area contributed by atoms with Gasteiger partial charge in [0.1, 0.15) is 5.69 Å². The highest BCUT2D eigenvalue weighted by atomic mass is 32.2. The van der Waals surface area contributed by atoms with Gasteiger partial charge in [-0.05, 0) is 49.2 Å². The standard InChI is InChI=1S/C18H17F2N3O3S/c19-18(20)27-14-6-4-13(5-7-14)21-17(24)12-3-8-15(16(11-12)23(25)26)22-9-1-2-10-22/h3-8,11,18H,1-2,9-10H2,(H,21,24). The van der Waals surface area contributed by atoms with Crippen LogP contribution in [0.3, 0.4) is 0 Å². The second-order valence-corrected chi connectivity index (χ2v) is 7.08. The number of amides is 1. The molecule has 0 bridgehead atoms. The van der Waals surface area contributed by atoms with Crippen LogP contribution < -0.4 is 10.2 Å². The zero-order chi connectivity index (χ0) is 19.4. The molecule has 1 aliphatic rings. The molecule has 142 valence electrons. The van der Waals surface area contributed by atoms with Crippen molar-refractivity contribution in [2.45, 2.75) is 23.5 Å². The highest BCUT2D eigenvalue weighted by Crippen LogP contribution is 2.32. The van der Waals surface area contributed by atoms with E-state index in [1.165, 1.54) is 30.3 Å². The lowest BCUT2D eigenvalue weighted by Gasteiger charge is -2.17. The Labute approximate surface area is 158 Å². The van der Waals surface area contributed by atoms with Gasteiger partial charge in [0, 0.05) is 35.3 Å². The van der Waals surface area contributed by atoms with Crippen LogP contribution in [0.15, 0.2) is 47.4 Å². The van der Waals surface area contributed by atoms with E-state index in [-0.39, 0.29) is 11.3 Å². The second-order valence-electron chi connectivity index (χ2n) is 6.01. The minimum atomic E-state index is -2.51. The molecule has 2 aromatic rings. The number of benzene rings is 2. The Morgan fingerprint density at radius 3 is 2.41 bits per heavy atom. The molecule has 0 atom stereocenters. The fraction of sp³-hybridized carbons (Fsp3) is 0.278. The molecule has 1 saturated heterocycles. The molecule has 0 aliphatic carbocycles. The Morgan fingerprint density at radius 2 is 1.81 bits per heavy atom. The van der Waals surface area contributed by atoms with Crippen LogP contribution in [0.4, 0.5) is 25.8 Å². The molecule has 2 aromatic carbocycles. The van der Waals surface area contributed by atoms with E-state index < -0.39 is 16.6 Å². The molecule has 1 fully saturated rings. The van der Waals surface area contributed by atoms with E-state index in [9.17, 15) is 23.7 Å². The molecule has 1 amide bonds.